The van der Waals surface area contributed by atoms with E-state index in [9.17, 15) is 9.59 Å². The Balaban J connectivity index is 2.59. The molecule has 2 N–H and O–H groups in total. The van der Waals surface area contributed by atoms with Gasteiger partial charge in [0.15, 0.2) is 0 Å². The predicted octanol–water partition coefficient (Wildman–Crippen LogP) is 1.38. The van der Waals surface area contributed by atoms with E-state index in [4.69, 9.17) is 11.6 Å². The van der Waals surface area contributed by atoms with Crippen LogP contribution in [0.15, 0.2) is 40.1 Å². The molecule has 0 aliphatic carbocycles. The summed E-state index contributed by atoms with van der Waals surface area (Å²) in [6.45, 7) is 0. The summed E-state index contributed by atoms with van der Waals surface area (Å²) in [6, 6.07) is 6.79. The highest BCUT2D eigenvalue weighted by Crippen LogP contribution is 2.16. The number of benzene rings is 1. The van der Waals surface area contributed by atoms with Crippen molar-refractivity contribution in [3.05, 3.63) is 56.3 Å². The van der Waals surface area contributed by atoms with Gasteiger partial charge in [-0.25, -0.2) is 4.79 Å². The van der Waals surface area contributed by atoms with Crippen molar-refractivity contribution in [2.75, 3.05) is 0 Å². The predicted molar refractivity (Wildman–Crippen MR) is 58.1 cm³/mol. The number of hydrogen-bond donors (Lipinski definition) is 2. The highest BCUT2D eigenvalue weighted by Gasteiger charge is 2.02. The SMILES string of the molecule is O=c1[nH]cc(-c2ccc(Cl)cc2)c(=O)[nH]1. The van der Waals surface area contributed by atoms with Crippen molar-refractivity contribution in [1.29, 1.82) is 0 Å². The molecule has 0 spiro atoms. The van der Waals surface area contributed by atoms with E-state index in [2.05, 4.69) is 9.97 Å². The molecule has 0 amide bonds. The van der Waals surface area contributed by atoms with Crippen LogP contribution in [0.1, 0.15) is 0 Å². The van der Waals surface area contributed by atoms with Crippen LogP contribution in [0.25, 0.3) is 11.1 Å². The molecule has 0 bridgehead atoms. The molecule has 1 aromatic heterocycles. The molecular weight excluding hydrogens is 216 g/mol. The van der Waals surface area contributed by atoms with E-state index in [0.29, 0.717) is 16.1 Å². The third kappa shape index (κ3) is 1.99. The summed E-state index contributed by atoms with van der Waals surface area (Å²) in [4.78, 5) is 26.8. The van der Waals surface area contributed by atoms with Crippen LogP contribution in [0.5, 0.6) is 0 Å². The first-order valence-electron chi connectivity index (χ1n) is 4.25. The number of hydrogen-bond acceptors (Lipinski definition) is 2. The number of aromatic amines is 2. The summed E-state index contributed by atoms with van der Waals surface area (Å²) in [6.07, 6.45) is 1.38. The van der Waals surface area contributed by atoms with E-state index in [-0.39, 0.29) is 0 Å². The van der Waals surface area contributed by atoms with Gasteiger partial charge >= 0.3 is 5.69 Å². The molecular formula is C10H7ClN2O2. The Hall–Kier alpha value is -1.81. The Bertz CT molecular complexity index is 583. The highest BCUT2D eigenvalue weighted by molar-refractivity contribution is 6.30. The lowest BCUT2D eigenvalue weighted by atomic mass is 10.1. The summed E-state index contributed by atoms with van der Waals surface area (Å²) >= 11 is 5.72. The molecule has 1 aromatic carbocycles. The zero-order valence-electron chi connectivity index (χ0n) is 7.58. The van der Waals surface area contributed by atoms with Crippen molar-refractivity contribution in [3.8, 4) is 11.1 Å². The summed E-state index contributed by atoms with van der Waals surface area (Å²) < 4.78 is 0. The molecule has 2 aromatic rings. The molecule has 0 atom stereocenters. The molecule has 0 aliphatic rings. The first-order valence-corrected chi connectivity index (χ1v) is 4.62. The van der Waals surface area contributed by atoms with Gasteiger partial charge in [-0.05, 0) is 17.7 Å². The van der Waals surface area contributed by atoms with Crippen molar-refractivity contribution >= 4 is 11.6 Å². The minimum atomic E-state index is -0.516. The van der Waals surface area contributed by atoms with Crippen LogP contribution >= 0.6 is 11.6 Å². The average molecular weight is 223 g/mol. The molecule has 15 heavy (non-hydrogen) atoms. The van der Waals surface area contributed by atoms with E-state index < -0.39 is 11.2 Å². The number of nitrogens with one attached hydrogen (secondary N) is 2. The molecule has 0 fully saturated rings. The minimum Gasteiger partial charge on any atom is -0.313 e. The molecule has 0 aliphatic heterocycles. The largest absolute Gasteiger partial charge is 0.325 e. The van der Waals surface area contributed by atoms with Crippen LogP contribution in [0, 0.1) is 0 Å². The fraction of sp³-hybridized carbons (Fsp3) is 0. The molecule has 2 rings (SSSR count). The highest BCUT2D eigenvalue weighted by atomic mass is 35.5. The van der Waals surface area contributed by atoms with Crippen LogP contribution in [0.4, 0.5) is 0 Å². The number of aromatic nitrogens is 2. The van der Waals surface area contributed by atoms with E-state index in [1.165, 1.54) is 6.20 Å². The Labute approximate surface area is 89.6 Å². The molecule has 0 saturated heterocycles. The second kappa shape index (κ2) is 3.74. The fourth-order valence-corrected chi connectivity index (χ4v) is 1.38. The summed E-state index contributed by atoms with van der Waals surface area (Å²) in [5.41, 5.74) is 0.182. The van der Waals surface area contributed by atoms with Gasteiger partial charge in [-0.1, -0.05) is 23.7 Å². The third-order valence-corrected chi connectivity index (χ3v) is 2.23. The van der Waals surface area contributed by atoms with Crippen LogP contribution in [0.3, 0.4) is 0 Å². The molecule has 5 heteroatoms. The zero-order chi connectivity index (χ0) is 10.8. The van der Waals surface area contributed by atoms with Crippen molar-refractivity contribution < 1.29 is 0 Å². The van der Waals surface area contributed by atoms with Crippen LogP contribution in [0.2, 0.25) is 5.02 Å². The molecule has 1 heterocycles. The van der Waals surface area contributed by atoms with E-state index in [1.54, 1.807) is 24.3 Å². The van der Waals surface area contributed by atoms with Crippen LogP contribution in [-0.4, -0.2) is 9.97 Å². The fourth-order valence-electron chi connectivity index (χ4n) is 1.25. The van der Waals surface area contributed by atoms with Gasteiger partial charge < -0.3 is 4.98 Å². The zero-order valence-corrected chi connectivity index (χ0v) is 8.34. The molecule has 0 saturated carbocycles. The minimum absolute atomic E-state index is 0.409. The van der Waals surface area contributed by atoms with E-state index >= 15 is 0 Å². The average Bonchev–Trinajstić information content (AvgIpc) is 2.20. The smallest absolute Gasteiger partial charge is 0.313 e. The first kappa shape index (κ1) is 9.73. The standard InChI is InChI=1S/C10H7ClN2O2/c11-7-3-1-6(2-4-7)8-5-12-10(15)13-9(8)14/h1-5H,(H2,12,13,14,15). The number of H-pyrrole nitrogens is 2. The van der Waals surface area contributed by atoms with Crippen molar-refractivity contribution in [3.63, 3.8) is 0 Å². The van der Waals surface area contributed by atoms with Gasteiger partial charge in [0.1, 0.15) is 0 Å². The normalized spacial score (nSPS) is 10.2. The van der Waals surface area contributed by atoms with Crippen LogP contribution < -0.4 is 11.2 Å². The molecule has 0 radical (unpaired) electrons. The summed E-state index contributed by atoms with van der Waals surface area (Å²) in [5, 5.41) is 0.597. The van der Waals surface area contributed by atoms with Gasteiger partial charge in [0.2, 0.25) is 0 Å². The molecule has 76 valence electrons. The second-order valence-corrected chi connectivity index (χ2v) is 3.43. The van der Waals surface area contributed by atoms with Gasteiger partial charge in [0.25, 0.3) is 5.56 Å². The van der Waals surface area contributed by atoms with Crippen molar-refractivity contribution in [2.24, 2.45) is 0 Å². The quantitative estimate of drug-likeness (QED) is 0.766. The monoisotopic (exact) mass is 222 g/mol. The maximum absolute atomic E-state index is 11.4. The van der Waals surface area contributed by atoms with Gasteiger partial charge in [0.05, 0.1) is 5.56 Å². The Morgan fingerprint density at radius 1 is 1.07 bits per heavy atom. The lowest BCUT2D eigenvalue weighted by Crippen LogP contribution is -2.22. The topological polar surface area (TPSA) is 65.7 Å². The Kier molecular flexibility index (Phi) is 2.43. The number of halogens is 1. The summed E-state index contributed by atoms with van der Waals surface area (Å²) in [5.74, 6) is 0. The van der Waals surface area contributed by atoms with E-state index in [1.807, 2.05) is 0 Å². The lowest BCUT2D eigenvalue weighted by Gasteiger charge is -1.99. The van der Waals surface area contributed by atoms with Crippen LogP contribution in [-0.2, 0) is 0 Å². The van der Waals surface area contributed by atoms with Gasteiger partial charge in [-0.3, -0.25) is 9.78 Å². The maximum atomic E-state index is 11.4. The first-order chi connectivity index (χ1) is 7.16. The van der Waals surface area contributed by atoms with Gasteiger partial charge in [-0.2, -0.15) is 0 Å². The van der Waals surface area contributed by atoms with Crippen molar-refractivity contribution in [1.82, 2.24) is 9.97 Å². The Morgan fingerprint density at radius 2 is 1.73 bits per heavy atom. The van der Waals surface area contributed by atoms with Gasteiger partial charge in [0, 0.05) is 11.2 Å². The number of rotatable bonds is 1. The lowest BCUT2D eigenvalue weighted by molar-refractivity contribution is 1.04. The van der Waals surface area contributed by atoms with Gasteiger partial charge in [-0.15, -0.1) is 0 Å². The Morgan fingerprint density at radius 3 is 2.33 bits per heavy atom. The maximum Gasteiger partial charge on any atom is 0.325 e. The molecule has 4 nitrogen and oxygen atoms in total. The third-order valence-electron chi connectivity index (χ3n) is 1.97. The van der Waals surface area contributed by atoms with Crippen molar-refractivity contribution in [2.45, 2.75) is 0 Å². The second-order valence-electron chi connectivity index (χ2n) is 2.99. The van der Waals surface area contributed by atoms with E-state index in [0.717, 1.165) is 0 Å². The summed E-state index contributed by atoms with van der Waals surface area (Å²) in [7, 11) is 0. The molecule has 0 unspecified atom stereocenters.